The first-order chi connectivity index (χ1) is 8.86. The molecular formula is C14H20O5. The fourth-order valence-electron chi connectivity index (χ4n) is 2.22. The molecule has 5 heteroatoms. The van der Waals surface area contributed by atoms with Crippen LogP contribution in [0.4, 0.5) is 0 Å². The van der Waals surface area contributed by atoms with Crippen molar-refractivity contribution in [2.75, 3.05) is 0 Å². The Morgan fingerprint density at radius 2 is 1.74 bits per heavy atom. The molecule has 1 aliphatic rings. The van der Waals surface area contributed by atoms with E-state index in [1.807, 2.05) is 6.92 Å². The van der Waals surface area contributed by atoms with Crippen molar-refractivity contribution in [3.05, 3.63) is 0 Å². The minimum atomic E-state index is -1.15. The lowest BCUT2D eigenvalue weighted by Crippen LogP contribution is -2.41. The maximum absolute atomic E-state index is 11.9. The van der Waals surface area contributed by atoms with E-state index in [1.54, 1.807) is 13.8 Å². The van der Waals surface area contributed by atoms with Crippen molar-refractivity contribution in [2.24, 2.45) is 11.8 Å². The van der Waals surface area contributed by atoms with Gasteiger partial charge in [0.15, 0.2) is 17.3 Å². The van der Waals surface area contributed by atoms with Gasteiger partial charge in [-0.25, -0.2) is 0 Å². The number of hydrogen-bond donors (Lipinski definition) is 0. The summed E-state index contributed by atoms with van der Waals surface area (Å²) in [5.41, 5.74) is 0. The van der Waals surface area contributed by atoms with Gasteiger partial charge in [-0.1, -0.05) is 6.92 Å². The Bertz CT molecular complexity index is 379. The molecule has 0 heterocycles. The quantitative estimate of drug-likeness (QED) is 0.557. The highest BCUT2D eigenvalue weighted by molar-refractivity contribution is 6.21. The Balaban J connectivity index is 2.71. The molecule has 1 rings (SSSR count). The lowest BCUT2D eigenvalue weighted by atomic mass is 9.77. The second-order valence-corrected chi connectivity index (χ2v) is 5.17. The topological polar surface area (TPSA) is 77.5 Å². The molecule has 0 unspecified atom stereocenters. The third-order valence-electron chi connectivity index (χ3n) is 3.04. The molecule has 5 nitrogen and oxygen atoms in total. The van der Waals surface area contributed by atoms with E-state index in [0.29, 0.717) is 6.42 Å². The van der Waals surface area contributed by atoms with Gasteiger partial charge in [-0.15, -0.1) is 0 Å². The average molecular weight is 268 g/mol. The van der Waals surface area contributed by atoms with Crippen molar-refractivity contribution in [3.8, 4) is 0 Å². The second kappa shape index (κ2) is 6.59. The summed E-state index contributed by atoms with van der Waals surface area (Å²) < 4.78 is 5.00. The highest BCUT2D eigenvalue weighted by Gasteiger charge is 2.42. The lowest BCUT2D eigenvalue weighted by Gasteiger charge is -2.24. The number of carbonyl (C=O) groups excluding carboxylic acids is 4. The van der Waals surface area contributed by atoms with Gasteiger partial charge in [0.05, 0.1) is 12.0 Å². The highest BCUT2D eigenvalue weighted by atomic mass is 16.5. The Morgan fingerprint density at radius 1 is 1.21 bits per heavy atom. The van der Waals surface area contributed by atoms with Crippen LogP contribution in [0, 0.1) is 11.8 Å². The normalized spacial score (nSPS) is 23.6. The zero-order chi connectivity index (χ0) is 14.6. The van der Waals surface area contributed by atoms with Crippen molar-refractivity contribution in [1.29, 1.82) is 0 Å². The number of carbonyl (C=O) groups is 4. The highest BCUT2D eigenvalue weighted by Crippen LogP contribution is 2.26. The SMILES string of the molecule is CCCC(=O)C1C(=O)CC(C(=O)OC(C)C)CC1=O. The number of rotatable bonds is 5. The van der Waals surface area contributed by atoms with Gasteiger partial charge in [-0.05, 0) is 20.3 Å². The Hall–Kier alpha value is -1.52. The van der Waals surface area contributed by atoms with E-state index < -0.39 is 29.4 Å². The van der Waals surface area contributed by atoms with E-state index in [9.17, 15) is 19.2 Å². The number of hydrogen-bond acceptors (Lipinski definition) is 5. The fourth-order valence-corrected chi connectivity index (χ4v) is 2.22. The molecule has 0 aromatic carbocycles. The Labute approximate surface area is 112 Å². The fraction of sp³-hybridized carbons (Fsp3) is 0.714. The van der Waals surface area contributed by atoms with E-state index in [2.05, 4.69) is 0 Å². The van der Waals surface area contributed by atoms with Crippen LogP contribution in [0.2, 0.25) is 0 Å². The third kappa shape index (κ3) is 3.98. The van der Waals surface area contributed by atoms with Gasteiger partial charge >= 0.3 is 5.97 Å². The van der Waals surface area contributed by atoms with Crippen LogP contribution in [0.5, 0.6) is 0 Å². The van der Waals surface area contributed by atoms with Crippen LogP contribution < -0.4 is 0 Å². The van der Waals surface area contributed by atoms with Crippen LogP contribution in [-0.4, -0.2) is 29.4 Å². The lowest BCUT2D eigenvalue weighted by molar-refractivity contribution is -0.159. The molecule has 0 radical (unpaired) electrons. The molecule has 0 bridgehead atoms. The van der Waals surface area contributed by atoms with Crippen LogP contribution in [-0.2, 0) is 23.9 Å². The Kier molecular flexibility index (Phi) is 5.39. The van der Waals surface area contributed by atoms with Gasteiger partial charge in [0.2, 0.25) is 0 Å². The van der Waals surface area contributed by atoms with Gasteiger partial charge in [-0.3, -0.25) is 19.2 Å². The molecule has 0 N–H and O–H groups in total. The maximum Gasteiger partial charge on any atom is 0.310 e. The maximum atomic E-state index is 11.9. The minimum absolute atomic E-state index is 0.0720. The van der Waals surface area contributed by atoms with Crippen LogP contribution in [0.25, 0.3) is 0 Å². The van der Waals surface area contributed by atoms with Crippen molar-refractivity contribution < 1.29 is 23.9 Å². The van der Waals surface area contributed by atoms with Crippen LogP contribution in [0.15, 0.2) is 0 Å². The van der Waals surface area contributed by atoms with Crippen LogP contribution >= 0.6 is 0 Å². The molecule has 0 aromatic rings. The molecule has 1 fully saturated rings. The molecule has 106 valence electrons. The predicted molar refractivity (Wildman–Crippen MR) is 67.4 cm³/mol. The van der Waals surface area contributed by atoms with Gasteiger partial charge in [0, 0.05) is 19.3 Å². The standard InChI is InChI=1S/C14H20O5/c1-4-5-10(15)13-11(16)6-9(7-12(13)17)14(18)19-8(2)3/h8-9,13H,4-7H2,1-3H3. The summed E-state index contributed by atoms with van der Waals surface area (Å²) >= 11 is 0. The van der Waals surface area contributed by atoms with Gasteiger partial charge in [-0.2, -0.15) is 0 Å². The Morgan fingerprint density at radius 3 is 2.16 bits per heavy atom. The number of ketones is 3. The van der Waals surface area contributed by atoms with Crippen molar-refractivity contribution in [2.45, 2.75) is 52.6 Å². The molecule has 0 atom stereocenters. The van der Waals surface area contributed by atoms with E-state index in [-0.39, 0.29) is 31.1 Å². The van der Waals surface area contributed by atoms with E-state index in [4.69, 9.17) is 4.74 Å². The smallest absolute Gasteiger partial charge is 0.310 e. The zero-order valence-corrected chi connectivity index (χ0v) is 11.6. The minimum Gasteiger partial charge on any atom is -0.463 e. The summed E-state index contributed by atoms with van der Waals surface area (Å²) in [6.45, 7) is 5.23. The summed E-state index contributed by atoms with van der Waals surface area (Å²) in [4.78, 5) is 47.2. The molecule has 0 aliphatic heterocycles. The summed E-state index contributed by atoms with van der Waals surface area (Å²) in [5, 5.41) is 0. The summed E-state index contributed by atoms with van der Waals surface area (Å²) in [6, 6.07) is 0. The summed E-state index contributed by atoms with van der Waals surface area (Å²) in [7, 11) is 0. The average Bonchev–Trinajstić information content (AvgIpc) is 2.27. The first-order valence-electron chi connectivity index (χ1n) is 6.65. The van der Waals surface area contributed by atoms with Crippen molar-refractivity contribution >= 4 is 23.3 Å². The largest absolute Gasteiger partial charge is 0.463 e. The second-order valence-electron chi connectivity index (χ2n) is 5.17. The number of esters is 1. The van der Waals surface area contributed by atoms with Crippen LogP contribution in [0.1, 0.15) is 46.5 Å². The molecule has 0 aromatic heterocycles. The third-order valence-corrected chi connectivity index (χ3v) is 3.04. The summed E-state index contributed by atoms with van der Waals surface area (Å²) in [5.74, 6) is -3.62. The van der Waals surface area contributed by atoms with E-state index in [1.165, 1.54) is 0 Å². The zero-order valence-electron chi connectivity index (χ0n) is 11.6. The summed E-state index contributed by atoms with van der Waals surface area (Å²) in [6.07, 6.45) is 0.407. The van der Waals surface area contributed by atoms with Gasteiger partial charge < -0.3 is 4.74 Å². The van der Waals surface area contributed by atoms with Gasteiger partial charge in [0.25, 0.3) is 0 Å². The molecule has 19 heavy (non-hydrogen) atoms. The van der Waals surface area contributed by atoms with Crippen LogP contribution in [0.3, 0.4) is 0 Å². The van der Waals surface area contributed by atoms with Crippen molar-refractivity contribution in [1.82, 2.24) is 0 Å². The molecule has 0 spiro atoms. The number of ether oxygens (including phenoxy) is 1. The monoisotopic (exact) mass is 268 g/mol. The first-order valence-corrected chi connectivity index (χ1v) is 6.65. The van der Waals surface area contributed by atoms with E-state index >= 15 is 0 Å². The molecular weight excluding hydrogens is 248 g/mol. The van der Waals surface area contributed by atoms with Crippen molar-refractivity contribution in [3.63, 3.8) is 0 Å². The van der Waals surface area contributed by atoms with Gasteiger partial charge in [0.1, 0.15) is 5.92 Å². The number of Topliss-reactive ketones (excluding diaryl/α,β-unsaturated/α-hetero) is 3. The molecule has 1 aliphatic carbocycles. The first kappa shape index (κ1) is 15.5. The molecule has 0 saturated heterocycles. The molecule has 0 amide bonds. The predicted octanol–water partition coefficient (Wildman–Crippen LogP) is 1.47. The molecule has 1 saturated carbocycles. The van der Waals surface area contributed by atoms with E-state index in [0.717, 1.165) is 0 Å².